The summed E-state index contributed by atoms with van der Waals surface area (Å²) in [6.45, 7) is 1.84. The first kappa shape index (κ1) is 13.7. The Kier molecular flexibility index (Phi) is 3.41. The van der Waals surface area contributed by atoms with Gasteiger partial charge in [-0.2, -0.15) is 0 Å². The minimum atomic E-state index is -0.459. The lowest BCUT2D eigenvalue weighted by Crippen LogP contribution is -2.29. The van der Waals surface area contributed by atoms with Gasteiger partial charge < -0.3 is 14.5 Å². The number of ether oxygens (including phenoxy) is 1. The lowest BCUT2D eigenvalue weighted by Gasteiger charge is -2.09. The standard InChI is InChI=1S/C16H17NO4/c1-9-12-6-5-11(20-2)7-14(12)21-16(19)13(9)8-15(18)17-10-3-4-10/h5-7,10H,3-4,8H2,1-2H3,(H,17,18). The molecular formula is C16H17NO4. The van der Waals surface area contributed by atoms with Crippen LogP contribution in [0.25, 0.3) is 11.0 Å². The van der Waals surface area contributed by atoms with E-state index >= 15 is 0 Å². The normalized spacial score (nSPS) is 14.2. The number of amides is 1. The molecule has 0 unspecified atom stereocenters. The van der Waals surface area contributed by atoms with E-state index in [0.29, 0.717) is 16.9 Å². The maximum Gasteiger partial charge on any atom is 0.340 e. The Morgan fingerprint density at radius 3 is 2.86 bits per heavy atom. The second-order valence-corrected chi connectivity index (χ2v) is 5.37. The second-order valence-electron chi connectivity index (χ2n) is 5.37. The van der Waals surface area contributed by atoms with Gasteiger partial charge in [0.2, 0.25) is 5.91 Å². The second kappa shape index (κ2) is 5.24. The molecule has 1 fully saturated rings. The van der Waals surface area contributed by atoms with E-state index in [1.54, 1.807) is 13.2 Å². The van der Waals surface area contributed by atoms with Crippen molar-refractivity contribution in [2.75, 3.05) is 7.11 Å². The van der Waals surface area contributed by atoms with Gasteiger partial charge in [0.1, 0.15) is 11.3 Å². The molecule has 1 aromatic heterocycles. The lowest BCUT2D eigenvalue weighted by molar-refractivity contribution is -0.120. The number of carbonyl (C=O) groups excluding carboxylic acids is 1. The molecule has 21 heavy (non-hydrogen) atoms. The van der Waals surface area contributed by atoms with Gasteiger partial charge in [0, 0.05) is 17.5 Å². The Labute approximate surface area is 121 Å². The molecule has 0 aliphatic heterocycles. The first-order valence-corrected chi connectivity index (χ1v) is 6.98. The molecule has 110 valence electrons. The van der Waals surface area contributed by atoms with Crippen LogP contribution in [0.3, 0.4) is 0 Å². The topological polar surface area (TPSA) is 68.5 Å². The Morgan fingerprint density at radius 1 is 1.43 bits per heavy atom. The molecule has 1 N–H and O–H groups in total. The van der Waals surface area contributed by atoms with Crippen molar-refractivity contribution in [3.05, 3.63) is 39.7 Å². The molecule has 1 aromatic carbocycles. The van der Waals surface area contributed by atoms with E-state index < -0.39 is 5.63 Å². The zero-order valence-corrected chi connectivity index (χ0v) is 12.1. The van der Waals surface area contributed by atoms with Gasteiger partial charge in [-0.3, -0.25) is 4.79 Å². The summed E-state index contributed by atoms with van der Waals surface area (Å²) in [7, 11) is 1.56. The summed E-state index contributed by atoms with van der Waals surface area (Å²) < 4.78 is 10.4. The largest absolute Gasteiger partial charge is 0.497 e. The highest BCUT2D eigenvalue weighted by Gasteiger charge is 2.24. The molecule has 1 amide bonds. The van der Waals surface area contributed by atoms with Gasteiger partial charge in [-0.05, 0) is 37.5 Å². The summed E-state index contributed by atoms with van der Waals surface area (Å²) in [6.07, 6.45) is 2.11. The van der Waals surface area contributed by atoms with Crippen molar-refractivity contribution in [2.24, 2.45) is 0 Å². The third-order valence-electron chi connectivity index (χ3n) is 3.77. The molecule has 5 nitrogen and oxygen atoms in total. The number of aryl methyl sites for hydroxylation is 1. The van der Waals surface area contributed by atoms with E-state index in [-0.39, 0.29) is 18.4 Å². The Hall–Kier alpha value is -2.30. The maximum absolute atomic E-state index is 12.1. The van der Waals surface area contributed by atoms with E-state index in [9.17, 15) is 9.59 Å². The number of hydrogen-bond donors (Lipinski definition) is 1. The number of benzene rings is 1. The first-order valence-electron chi connectivity index (χ1n) is 6.98. The summed E-state index contributed by atoms with van der Waals surface area (Å²) in [5.41, 5.74) is 1.23. The fraction of sp³-hybridized carbons (Fsp3) is 0.375. The van der Waals surface area contributed by atoms with Crippen LogP contribution in [-0.2, 0) is 11.2 Å². The minimum Gasteiger partial charge on any atom is -0.497 e. The van der Waals surface area contributed by atoms with Crippen LogP contribution in [0.5, 0.6) is 5.75 Å². The van der Waals surface area contributed by atoms with Gasteiger partial charge in [-0.1, -0.05) is 0 Å². The van der Waals surface area contributed by atoms with E-state index in [0.717, 1.165) is 23.8 Å². The maximum atomic E-state index is 12.1. The van der Waals surface area contributed by atoms with E-state index in [4.69, 9.17) is 9.15 Å². The van der Waals surface area contributed by atoms with Gasteiger partial charge in [0.15, 0.2) is 0 Å². The predicted molar refractivity (Wildman–Crippen MR) is 78.6 cm³/mol. The van der Waals surface area contributed by atoms with Crippen molar-refractivity contribution >= 4 is 16.9 Å². The van der Waals surface area contributed by atoms with E-state index in [1.165, 1.54) is 0 Å². The lowest BCUT2D eigenvalue weighted by atomic mass is 10.0. The van der Waals surface area contributed by atoms with Crippen LogP contribution < -0.4 is 15.7 Å². The molecule has 1 aliphatic rings. The molecule has 3 rings (SSSR count). The van der Waals surface area contributed by atoms with E-state index in [1.807, 2.05) is 19.1 Å². The van der Waals surface area contributed by atoms with Crippen LogP contribution in [-0.4, -0.2) is 19.1 Å². The van der Waals surface area contributed by atoms with Gasteiger partial charge in [0.05, 0.1) is 19.1 Å². The predicted octanol–water partition coefficient (Wildman–Crippen LogP) is 1.93. The van der Waals surface area contributed by atoms with Crippen LogP contribution >= 0.6 is 0 Å². The van der Waals surface area contributed by atoms with Gasteiger partial charge in [-0.25, -0.2) is 4.79 Å². The summed E-state index contributed by atoms with van der Waals surface area (Å²) in [5, 5.41) is 3.71. The number of methoxy groups -OCH3 is 1. The molecule has 2 aromatic rings. The van der Waals surface area contributed by atoms with Gasteiger partial charge >= 0.3 is 5.63 Å². The summed E-state index contributed by atoms with van der Waals surface area (Å²) in [5.74, 6) is 0.505. The zero-order chi connectivity index (χ0) is 15.0. The highest BCUT2D eigenvalue weighted by Crippen LogP contribution is 2.24. The summed E-state index contributed by atoms with van der Waals surface area (Å²) in [6, 6.07) is 5.62. The Balaban J connectivity index is 1.98. The van der Waals surface area contributed by atoms with Crippen molar-refractivity contribution < 1.29 is 13.9 Å². The number of hydrogen-bond acceptors (Lipinski definition) is 4. The number of carbonyl (C=O) groups is 1. The highest BCUT2D eigenvalue weighted by molar-refractivity contribution is 5.85. The van der Waals surface area contributed by atoms with Crippen LogP contribution in [0.1, 0.15) is 24.0 Å². The zero-order valence-electron chi connectivity index (χ0n) is 12.1. The Bertz CT molecular complexity index is 759. The molecule has 0 saturated heterocycles. The molecule has 5 heteroatoms. The van der Waals surface area contributed by atoms with Crippen LogP contribution in [0.15, 0.2) is 27.4 Å². The molecule has 1 heterocycles. The van der Waals surface area contributed by atoms with Crippen molar-refractivity contribution in [3.8, 4) is 5.75 Å². The minimum absolute atomic E-state index is 0.0621. The molecule has 1 saturated carbocycles. The summed E-state index contributed by atoms with van der Waals surface area (Å²) in [4.78, 5) is 24.0. The highest BCUT2D eigenvalue weighted by atomic mass is 16.5. The molecule has 0 spiro atoms. The average molecular weight is 287 g/mol. The monoisotopic (exact) mass is 287 g/mol. The third kappa shape index (κ3) is 2.77. The summed E-state index contributed by atoms with van der Waals surface area (Å²) >= 11 is 0. The third-order valence-corrected chi connectivity index (χ3v) is 3.77. The number of nitrogens with one attached hydrogen (secondary N) is 1. The molecule has 1 aliphatic carbocycles. The molecule has 0 radical (unpaired) electrons. The smallest absolute Gasteiger partial charge is 0.340 e. The van der Waals surface area contributed by atoms with Crippen LogP contribution in [0, 0.1) is 6.92 Å². The van der Waals surface area contributed by atoms with Crippen molar-refractivity contribution in [1.82, 2.24) is 5.32 Å². The number of fused-ring (bicyclic) bond motifs is 1. The first-order chi connectivity index (χ1) is 10.1. The van der Waals surface area contributed by atoms with Crippen LogP contribution in [0.4, 0.5) is 0 Å². The quantitative estimate of drug-likeness (QED) is 0.872. The fourth-order valence-electron chi connectivity index (χ4n) is 2.37. The van der Waals surface area contributed by atoms with Gasteiger partial charge in [-0.15, -0.1) is 0 Å². The number of rotatable bonds is 4. The molecule has 0 bridgehead atoms. The van der Waals surface area contributed by atoms with Crippen molar-refractivity contribution in [3.63, 3.8) is 0 Å². The SMILES string of the molecule is COc1ccc2c(C)c(CC(=O)NC3CC3)c(=O)oc2c1. The average Bonchev–Trinajstić information content (AvgIpc) is 3.26. The molecular weight excluding hydrogens is 270 g/mol. The van der Waals surface area contributed by atoms with Gasteiger partial charge in [0.25, 0.3) is 0 Å². The Morgan fingerprint density at radius 2 is 2.19 bits per heavy atom. The molecule has 0 atom stereocenters. The van der Waals surface area contributed by atoms with E-state index in [2.05, 4.69) is 5.32 Å². The van der Waals surface area contributed by atoms with Crippen molar-refractivity contribution in [1.29, 1.82) is 0 Å². The van der Waals surface area contributed by atoms with Crippen LogP contribution in [0.2, 0.25) is 0 Å². The van der Waals surface area contributed by atoms with Crippen molar-refractivity contribution in [2.45, 2.75) is 32.2 Å². The fourth-order valence-corrected chi connectivity index (χ4v) is 2.37.